The second-order valence-electron chi connectivity index (χ2n) is 6.56. The predicted molar refractivity (Wildman–Crippen MR) is 93.0 cm³/mol. The van der Waals surface area contributed by atoms with Gasteiger partial charge in [0.05, 0.1) is 25.0 Å². The average Bonchev–Trinajstić information content (AvgIpc) is 3.22. The van der Waals surface area contributed by atoms with Gasteiger partial charge < -0.3 is 24.1 Å². The summed E-state index contributed by atoms with van der Waals surface area (Å²) >= 11 is 0. The minimum atomic E-state index is -1.52. The van der Waals surface area contributed by atoms with Gasteiger partial charge in [0, 0.05) is 31.3 Å². The van der Waals surface area contributed by atoms with Crippen LogP contribution in [-0.2, 0) is 11.3 Å². The van der Waals surface area contributed by atoms with Gasteiger partial charge in [0.1, 0.15) is 6.61 Å². The maximum atomic E-state index is 9.20. The molecule has 4 rings (SSSR count). The van der Waals surface area contributed by atoms with E-state index in [9.17, 15) is 10.2 Å². The molecular formula is C18H22N4O4. The number of methoxy groups -OCH3 is 1. The lowest BCUT2D eigenvalue weighted by molar-refractivity contribution is -0.0425. The monoisotopic (exact) mass is 358 g/mol. The zero-order valence-electron chi connectivity index (χ0n) is 14.6. The fraction of sp³-hybridized carbons (Fsp3) is 0.444. The van der Waals surface area contributed by atoms with E-state index in [4.69, 9.17) is 9.47 Å². The second-order valence-corrected chi connectivity index (χ2v) is 6.56. The highest BCUT2D eigenvalue weighted by molar-refractivity contribution is 5.56. The van der Waals surface area contributed by atoms with Crippen molar-refractivity contribution in [3.05, 3.63) is 47.7 Å². The number of pyridine rings is 1. The first kappa shape index (κ1) is 17.0. The van der Waals surface area contributed by atoms with Gasteiger partial charge in [-0.05, 0) is 30.4 Å². The van der Waals surface area contributed by atoms with Gasteiger partial charge in [-0.15, -0.1) is 0 Å². The molecule has 3 heterocycles. The average molecular weight is 358 g/mol. The van der Waals surface area contributed by atoms with E-state index in [2.05, 4.69) is 22.3 Å². The molecule has 0 saturated heterocycles. The Kier molecular flexibility index (Phi) is 4.62. The second kappa shape index (κ2) is 7.06. The third kappa shape index (κ3) is 3.57. The van der Waals surface area contributed by atoms with E-state index >= 15 is 0 Å². The number of hydrogen-bond donors (Lipinski definition) is 2. The zero-order chi connectivity index (χ0) is 18.1. The molecule has 3 aromatic rings. The molecule has 1 saturated carbocycles. The van der Waals surface area contributed by atoms with E-state index in [1.54, 1.807) is 18.0 Å². The standard InChI is InChI=1S/C18H22N4O4/c1-25-4-5-26-16-6-13(12-2-3-12)8-21-10-15(20-17(16)21)11-22-9-14(7-19-22)18(23)24/h6-10,12,18,23-24H,2-5,11H2,1H3. The Balaban J connectivity index is 1.62. The van der Waals surface area contributed by atoms with Crippen LogP contribution in [0.4, 0.5) is 0 Å². The Morgan fingerprint density at radius 2 is 2.08 bits per heavy atom. The molecule has 0 amide bonds. The number of fused-ring (bicyclic) bond motifs is 1. The number of rotatable bonds is 8. The summed E-state index contributed by atoms with van der Waals surface area (Å²) < 4.78 is 14.6. The number of hydrogen-bond acceptors (Lipinski definition) is 6. The summed E-state index contributed by atoms with van der Waals surface area (Å²) in [5, 5.41) is 22.5. The van der Waals surface area contributed by atoms with Gasteiger partial charge in [-0.3, -0.25) is 4.68 Å². The van der Waals surface area contributed by atoms with Crippen LogP contribution in [0.2, 0.25) is 0 Å². The lowest BCUT2D eigenvalue weighted by Gasteiger charge is -2.09. The summed E-state index contributed by atoms with van der Waals surface area (Å²) in [6.45, 7) is 1.43. The largest absolute Gasteiger partial charge is 0.487 e. The normalized spacial score (nSPS) is 14.5. The summed E-state index contributed by atoms with van der Waals surface area (Å²) in [7, 11) is 1.65. The first-order valence-electron chi connectivity index (χ1n) is 8.66. The van der Waals surface area contributed by atoms with Crippen LogP contribution in [0, 0.1) is 0 Å². The van der Waals surface area contributed by atoms with E-state index in [1.165, 1.54) is 24.6 Å². The molecule has 8 heteroatoms. The van der Waals surface area contributed by atoms with Gasteiger partial charge in [0.25, 0.3) is 0 Å². The topological polar surface area (TPSA) is 94.0 Å². The summed E-state index contributed by atoms with van der Waals surface area (Å²) in [5.74, 6) is 1.36. The lowest BCUT2D eigenvalue weighted by Crippen LogP contribution is -2.06. The number of nitrogens with zero attached hydrogens (tertiary/aromatic N) is 4. The molecule has 0 bridgehead atoms. The molecule has 0 unspecified atom stereocenters. The molecular weight excluding hydrogens is 336 g/mol. The molecule has 0 spiro atoms. The Labute approximate surface area is 150 Å². The Morgan fingerprint density at radius 3 is 2.77 bits per heavy atom. The molecule has 1 aliphatic rings. The van der Waals surface area contributed by atoms with Crippen molar-refractivity contribution >= 4 is 5.65 Å². The van der Waals surface area contributed by atoms with E-state index < -0.39 is 6.29 Å². The van der Waals surface area contributed by atoms with Crippen LogP contribution in [0.15, 0.2) is 30.9 Å². The van der Waals surface area contributed by atoms with Crippen LogP contribution in [0.5, 0.6) is 5.75 Å². The molecule has 1 fully saturated rings. The third-order valence-corrected chi connectivity index (χ3v) is 4.46. The van der Waals surface area contributed by atoms with Crippen molar-refractivity contribution in [2.24, 2.45) is 0 Å². The number of aromatic nitrogens is 4. The van der Waals surface area contributed by atoms with Crippen molar-refractivity contribution in [1.82, 2.24) is 19.2 Å². The number of imidazole rings is 1. The van der Waals surface area contributed by atoms with Crippen LogP contribution in [0.25, 0.3) is 5.65 Å². The SMILES string of the molecule is COCCOc1cc(C2CC2)cn2cc(Cn3cc(C(O)O)cn3)nc12. The van der Waals surface area contributed by atoms with Crippen molar-refractivity contribution in [2.75, 3.05) is 20.3 Å². The maximum absolute atomic E-state index is 9.20. The van der Waals surface area contributed by atoms with Crippen molar-refractivity contribution in [3.8, 4) is 5.75 Å². The summed E-state index contributed by atoms with van der Waals surface area (Å²) in [4.78, 5) is 4.67. The Bertz CT molecular complexity index is 898. The van der Waals surface area contributed by atoms with Gasteiger partial charge >= 0.3 is 0 Å². The molecule has 8 nitrogen and oxygen atoms in total. The molecule has 0 atom stereocenters. The number of ether oxygens (including phenoxy) is 2. The van der Waals surface area contributed by atoms with Crippen molar-refractivity contribution in [1.29, 1.82) is 0 Å². The van der Waals surface area contributed by atoms with E-state index in [0.717, 1.165) is 17.1 Å². The summed E-state index contributed by atoms with van der Waals surface area (Å²) in [6, 6.07) is 2.08. The van der Waals surface area contributed by atoms with Gasteiger partial charge in [-0.2, -0.15) is 5.10 Å². The van der Waals surface area contributed by atoms with Crippen LogP contribution in [0.3, 0.4) is 0 Å². The molecule has 26 heavy (non-hydrogen) atoms. The van der Waals surface area contributed by atoms with Gasteiger partial charge in [-0.1, -0.05) is 0 Å². The highest BCUT2D eigenvalue weighted by atomic mass is 16.5. The molecule has 1 aliphatic carbocycles. The van der Waals surface area contributed by atoms with Gasteiger partial charge in [0.15, 0.2) is 17.7 Å². The van der Waals surface area contributed by atoms with E-state index in [0.29, 0.717) is 31.2 Å². The quantitative estimate of drug-likeness (QED) is 0.468. The predicted octanol–water partition coefficient (Wildman–Crippen LogP) is 1.46. The van der Waals surface area contributed by atoms with E-state index in [-0.39, 0.29) is 0 Å². The smallest absolute Gasteiger partial charge is 0.181 e. The molecule has 138 valence electrons. The number of aliphatic hydroxyl groups excluding tert-OH is 1. The number of aliphatic hydroxyl groups is 2. The third-order valence-electron chi connectivity index (χ3n) is 4.46. The van der Waals surface area contributed by atoms with Crippen LogP contribution in [-0.4, -0.2) is 49.7 Å². The fourth-order valence-corrected chi connectivity index (χ4v) is 2.96. The first-order chi connectivity index (χ1) is 12.6. The molecule has 0 aliphatic heterocycles. The first-order valence-corrected chi connectivity index (χ1v) is 8.66. The summed E-state index contributed by atoms with van der Waals surface area (Å²) in [5.41, 5.74) is 3.19. The Hall–Kier alpha value is -2.42. The van der Waals surface area contributed by atoms with Crippen LogP contribution >= 0.6 is 0 Å². The Morgan fingerprint density at radius 1 is 1.23 bits per heavy atom. The van der Waals surface area contributed by atoms with Crippen molar-refractivity contribution in [3.63, 3.8) is 0 Å². The van der Waals surface area contributed by atoms with Crippen molar-refractivity contribution in [2.45, 2.75) is 31.6 Å². The maximum Gasteiger partial charge on any atom is 0.181 e. The van der Waals surface area contributed by atoms with Gasteiger partial charge in [-0.25, -0.2) is 4.98 Å². The molecule has 3 aromatic heterocycles. The fourth-order valence-electron chi connectivity index (χ4n) is 2.96. The minimum absolute atomic E-state index is 0.355. The lowest BCUT2D eigenvalue weighted by atomic mass is 10.2. The molecule has 2 N–H and O–H groups in total. The highest BCUT2D eigenvalue weighted by Crippen LogP contribution is 2.41. The van der Waals surface area contributed by atoms with Crippen LogP contribution < -0.4 is 4.74 Å². The zero-order valence-corrected chi connectivity index (χ0v) is 14.6. The van der Waals surface area contributed by atoms with Crippen molar-refractivity contribution < 1.29 is 19.7 Å². The molecule has 0 aromatic carbocycles. The van der Waals surface area contributed by atoms with Gasteiger partial charge in [0.2, 0.25) is 0 Å². The van der Waals surface area contributed by atoms with Crippen LogP contribution in [0.1, 0.15) is 41.9 Å². The highest BCUT2D eigenvalue weighted by Gasteiger charge is 2.25. The minimum Gasteiger partial charge on any atom is -0.487 e. The van der Waals surface area contributed by atoms with E-state index in [1.807, 2.05) is 10.6 Å². The molecule has 0 radical (unpaired) electrons. The summed E-state index contributed by atoms with van der Waals surface area (Å²) in [6.07, 6.45) is 8.01.